The predicted octanol–water partition coefficient (Wildman–Crippen LogP) is 2.09. The van der Waals surface area contributed by atoms with Gasteiger partial charge in [-0.05, 0) is 54.4 Å². The number of nitrogens with zero attached hydrogens (tertiary/aromatic N) is 1. The van der Waals surface area contributed by atoms with E-state index in [2.05, 4.69) is 31.5 Å². The van der Waals surface area contributed by atoms with Crippen LogP contribution >= 0.6 is 15.9 Å². The number of hydrogen-bond acceptors (Lipinski definition) is 3. The molecule has 1 saturated heterocycles. The molecule has 2 rings (SSSR count). The van der Waals surface area contributed by atoms with Gasteiger partial charge >= 0.3 is 0 Å². The molecule has 0 aliphatic carbocycles. The van der Waals surface area contributed by atoms with Gasteiger partial charge in [0.25, 0.3) is 0 Å². The lowest BCUT2D eigenvalue weighted by atomic mass is 9.89. The topological polar surface area (TPSA) is 54.0 Å². The average Bonchev–Trinajstić information content (AvgIpc) is 2.72. The zero-order valence-electron chi connectivity index (χ0n) is 10.0. The third-order valence-electron chi connectivity index (χ3n) is 3.21. The van der Waals surface area contributed by atoms with Gasteiger partial charge in [0.05, 0.1) is 5.41 Å². The average molecular weight is 298 g/mol. The molecule has 1 aliphatic rings. The molecule has 0 spiro atoms. The molecule has 0 radical (unpaired) electrons. The zero-order valence-corrected chi connectivity index (χ0v) is 11.6. The van der Waals surface area contributed by atoms with E-state index in [0.717, 1.165) is 29.5 Å². The highest BCUT2D eigenvalue weighted by Gasteiger charge is 2.36. The summed E-state index contributed by atoms with van der Waals surface area (Å²) in [6, 6.07) is 1.87. The van der Waals surface area contributed by atoms with Crippen LogP contribution in [0.25, 0.3) is 0 Å². The number of amides is 1. The van der Waals surface area contributed by atoms with Crippen molar-refractivity contribution in [1.29, 1.82) is 0 Å². The summed E-state index contributed by atoms with van der Waals surface area (Å²) >= 11 is 3.39. The highest BCUT2D eigenvalue weighted by atomic mass is 79.9. The van der Waals surface area contributed by atoms with E-state index in [1.54, 1.807) is 6.20 Å². The van der Waals surface area contributed by atoms with Crippen LogP contribution in [-0.2, 0) is 4.79 Å². The van der Waals surface area contributed by atoms with Gasteiger partial charge in [-0.1, -0.05) is 0 Å². The first-order valence-corrected chi connectivity index (χ1v) is 6.45. The van der Waals surface area contributed by atoms with Crippen molar-refractivity contribution in [3.8, 4) is 0 Å². The Hall–Kier alpha value is -0.940. The molecule has 1 aromatic heterocycles. The Morgan fingerprint density at radius 1 is 1.65 bits per heavy atom. The summed E-state index contributed by atoms with van der Waals surface area (Å²) in [7, 11) is 0. The first-order valence-electron chi connectivity index (χ1n) is 5.66. The van der Waals surface area contributed by atoms with Gasteiger partial charge in [0.15, 0.2) is 0 Å². The molecule has 1 aliphatic heterocycles. The Bertz CT molecular complexity index is 441. The molecule has 0 saturated carbocycles. The Balaban J connectivity index is 2.10. The van der Waals surface area contributed by atoms with Crippen molar-refractivity contribution < 1.29 is 4.79 Å². The van der Waals surface area contributed by atoms with Crippen LogP contribution in [0.15, 0.2) is 16.7 Å². The maximum absolute atomic E-state index is 12.1. The SMILES string of the molecule is Cc1cc(NC(=O)C2(C)CCNC2)ncc1Br. The number of nitrogens with one attached hydrogen (secondary N) is 2. The summed E-state index contributed by atoms with van der Waals surface area (Å²) < 4.78 is 0.948. The zero-order chi connectivity index (χ0) is 12.5. The molecule has 1 atom stereocenters. The number of anilines is 1. The van der Waals surface area contributed by atoms with Crippen LogP contribution in [0.2, 0.25) is 0 Å². The van der Waals surface area contributed by atoms with E-state index >= 15 is 0 Å². The summed E-state index contributed by atoms with van der Waals surface area (Å²) in [5, 5.41) is 6.09. The van der Waals surface area contributed by atoms with Crippen LogP contribution in [-0.4, -0.2) is 24.0 Å². The standard InChI is InChI=1S/C12H16BrN3O/c1-8-5-10(15-6-9(8)13)16-11(17)12(2)3-4-14-7-12/h5-6,14H,3-4,7H2,1-2H3,(H,15,16,17). The van der Waals surface area contributed by atoms with Crippen molar-refractivity contribution in [3.63, 3.8) is 0 Å². The first kappa shape index (κ1) is 12.5. The Labute approximate surface area is 109 Å². The quantitative estimate of drug-likeness (QED) is 0.879. The van der Waals surface area contributed by atoms with Crippen molar-refractivity contribution in [2.75, 3.05) is 18.4 Å². The molecular formula is C12H16BrN3O. The Morgan fingerprint density at radius 2 is 2.41 bits per heavy atom. The van der Waals surface area contributed by atoms with Crippen molar-refractivity contribution in [2.45, 2.75) is 20.3 Å². The first-order chi connectivity index (χ1) is 8.01. The predicted molar refractivity (Wildman–Crippen MR) is 70.9 cm³/mol. The third kappa shape index (κ3) is 2.66. The van der Waals surface area contributed by atoms with Gasteiger partial charge in [0, 0.05) is 17.2 Å². The lowest BCUT2D eigenvalue weighted by Gasteiger charge is -2.21. The van der Waals surface area contributed by atoms with Gasteiger partial charge in [-0.2, -0.15) is 0 Å². The van der Waals surface area contributed by atoms with Crippen LogP contribution in [0, 0.1) is 12.3 Å². The maximum Gasteiger partial charge on any atom is 0.232 e. The largest absolute Gasteiger partial charge is 0.316 e. The molecule has 2 N–H and O–H groups in total. The summed E-state index contributed by atoms with van der Waals surface area (Å²) in [6.45, 7) is 5.58. The maximum atomic E-state index is 12.1. The third-order valence-corrected chi connectivity index (χ3v) is 4.04. The normalized spacial score (nSPS) is 23.7. The minimum Gasteiger partial charge on any atom is -0.316 e. The smallest absolute Gasteiger partial charge is 0.232 e. The Kier molecular flexibility index (Phi) is 3.49. The molecule has 92 valence electrons. The monoisotopic (exact) mass is 297 g/mol. The fourth-order valence-corrected chi connectivity index (χ4v) is 2.10. The number of carbonyl (C=O) groups is 1. The number of carbonyl (C=O) groups excluding carboxylic acids is 1. The number of pyridine rings is 1. The minimum atomic E-state index is -0.317. The lowest BCUT2D eigenvalue weighted by molar-refractivity contribution is -0.123. The molecule has 1 amide bonds. The molecule has 0 bridgehead atoms. The molecule has 1 fully saturated rings. The van der Waals surface area contributed by atoms with E-state index in [0.29, 0.717) is 5.82 Å². The van der Waals surface area contributed by atoms with Gasteiger partial charge in [-0.25, -0.2) is 4.98 Å². The van der Waals surface area contributed by atoms with E-state index < -0.39 is 0 Å². The molecule has 1 aromatic rings. The fourth-order valence-electron chi connectivity index (χ4n) is 1.89. The minimum absolute atomic E-state index is 0.0386. The summed E-state index contributed by atoms with van der Waals surface area (Å²) in [4.78, 5) is 16.3. The molecule has 0 aromatic carbocycles. The number of hydrogen-bond donors (Lipinski definition) is 2. The van der Waals surface area contributed by atoms with Gasteiger partial charge < -0.3 is 10.6 Å². The number of halogens is 1. The molecule has 17 heavy (non-hydrogen) atoms. The molecular weight excluding hydrogens is 282 g/mol. The van der Waals surface area contributed by atoms with Crippen molar-refractivity contribution in [2.24, 2.45) is 5.41 Å². The van der Waals surface area contributed by atoms with E-state index in [9.17, 15) is 4.79 Å². The second kappa shape index (κ2) is 4.74. The van der Waals surface area contributed by atoms with E-state index in [1.165, 1.54) is 0 Å². The molecule has 4 nitrogen and oxygen atoms in total. The highest BCUT2D eigenvalue weighted by molar-refractivity contribution is 9.10. The Morgan fingerprint density at radius 3 is 3.00 bits per heavy atom. The van der Waals surface area contributed by atoms with Gasteiger partial charge in [-0.3, -0.25) is 4.79 Å². The van der Waals surface area contributed by atoms with Gasteiger partial charge in [0.2, 0.25) is 5.91 Å². The van der Waals surface area contributed by atoms with E-state index in [4.69, 9.17) is 0 Å². The molecule has 1 unspecified atom stereocenters. The van der Waals surface area contributed by atoms with Crippen LogP contribution < -0.4 is 10.6 Å². The molecule has 5 heteroatoms. The second-order valence-corrected chi connectivity index (χ2v) is 5.61. The van der Waals surface area contributed by atoms with Crippen molar-refractivity contribution in [1.82, 2.24) is 10.3 Å². The lowest BCUT2D eigenvalue weighted by Crippen LogP contribution is -2.35. The van der Waals surface area contributed by atoms with Crippen LogP contribution in [0.4, 0.5) is 5.82 Å². The van der Waals surface area contributed by atoms with E-state index in [1.807, 2.05) is 19.9 Å². The van der Waals surface area contributed by atoms with Gasteiger partial charge in [0.1, 0.15) is 5.82 Å². The molecule has 2 heterocycles. The summed E-state index contributed by atoms with van der Waals surface area (Å²) in [5.74, 6) is 0.653. The summed E-state index contributed by atoms with van der Waals surface area (Å²) in [5.41, 5.74) is 0.743. The van der Waals surface area contributed by atoms with Crippen LogP contribution in [0.1, 0.15) is 18.9 Å². The van der Waals surface area contributed by atoms with Gasteiger partial charge in [-0.15, -0.1) is 0 Å². The number of rotatable bonds is 2. The number of aromatic nitrogens is 1. The van der Waals surface area contributed by atoms with Crippen LogP contribution in [0.5, 0.6) is 0 Å². The van der Waals surface area contributed by atoms with Crippen molar-refractivity contribution >= 4 is 27.7 Å². The van der Waals surface area contributed by atoms with Crippen LogP contribution in [0.3, 0.4) is 0 Å². The summed E-state index contributed by atoms with van der Waals surface area (Å²) in [6.07, 6.45) is 2.58. The highest BCUT2D eigenvalue weighted by Crippen LogP contribution is 2.26. The van der Waals surface area contributed by atoms with E-state index in [-0.39, 0.29) is 11.3 Å². The number of aryl methyl sites for hydroxylation is 1. The van der Waals surface area contributed by atoms with Crippen molar-refractivity contribution in [3.05, 3.63) is 22.3 Å². The second-order valence-electron chi connectivity index (χ2n) is 4.76. The fraction of sp³-hybridized carbons (Fsp3) is 0.500.